The Labute approximate surface area is 383 Å². The van der Waals surface area contributed by atoms with Crippen LogP contribution in [0.1, 0.15) is 128 Å². The second kappa shape index (κ2) is 12.5. The van der Waals surface area contributed by atoms with Gasteiger partial charge in [-0.3, -0.25) is 0 Å². The van der Waals surface area contributed by atoms with E-state index >= 15 is 0 Å². The molecule has 0 saturated heterocycles. The summed E-state index contributed by atoms with van der Waals surface area (Å²) in [6.07, 6.45) is -2.82. The zero-order valence-corrected chi connectivity index (χ0v) is 36.7. The normalized spacial score (nSPS) is 22.4. The smallest absolute Gasteiger partial charge is 0.497 e. The molecule has 2 aromatic heterocycles. The van der Waals surface area contributed by atoms with Crippen molar-refractivity contribution in [2.75, 3.05) is 12.0 Å². The molecule has 11 rings (SSSR count). The van der Waals surface area contributed by atoms with Gasteiger partial charge in [0.15, 0.2) is 5.06 Å². The molecule has 0 N–H and O–H groups in total. The van der Waals surface area contributed by atoms with Crippen LogP contribution < -0.4 is 35.5 Å². The fraction of sp³-hybridized carbons (Fsp3) is 0.373. The minimum atomic E-state index is -5.52. The molecule has 10 heteroatoms. The van der Waals surface area contributed by atoms with E-state index in [-0.39, 0.29) is 77.2 Å². The van der Waals surface area contributed by atoms with Gasteiger partial charge in [-0.1, -0.05) is 66.7 Å². The van der Waals surface area contributed by atoms with Gasteiger partial charge in [0.25, 0.3) is 6.71 Å². The molecule has 7 aromatic rings. The number of alkyl halides is 3. The Hall–Kier alpha value is -4.67. The quantitative estimate of drug-likeness (QED) is 0.166. The fourth-order valence-electron chi connectivity index (χ4n) is 9.76. The van der Waals surface area contributed by atoms with Crippen LogP contribution in [0.4, 0.5) is 30.2 Å². The summed E-state index contributed by atoms with van der Waals surface area (Å²) in [7, 11) is 0.976. The van der Waals surface area contributed by atoms with Crippen molar-refractivity contribution in [2.45, 2.75) is 116 Å². The molecule has 0 radical (unpaired) electrons. The van der Waals surface area contributed by atoms with Crippen LogP contribution in [0.25, 0.3) is 30.3 Å². The van der Waals surface area contributed by atoms with E-state index in [4.69, 9.17) is 15.0 Å². The second-order valence-corrected chi connectivity index (χ2v) is 21.3. The Morgan fingerprint density at radius 1 is 0.656 bits per heavy atom. The zero-order chi connectivity index (χ0) is 55.0. The molecule has 0 amide bonds. The van der Waals surface area contributed by atoms with E-state index in [0.29, 0.717) is 52.6 Å². The molecule has 61 heavy (non-hydrogen) atoms. The summed E-state index contributed by atoms with van der Waals surface area (Å²) in [4.78, 5) is 0.880. The number of rotatable bonds is 3. The summed E-state index contributed by atoms with van der Waals surface area (Å²) in [5.74, 6) is -2.73. The SMILES string of the molecule is [2H]c1c(OC)c([2H])c(N2c3c([2H])c(C([2H])([2H])[2H])c([2H])c4c3B(c3c2c([2H])c2c(sc5c([2H])c6c(c([2H])c52)C(C)(C)CCC6(C)C)c3[2H])c2c(sc3c([2H])c5c(c([2H])c23)C(C)(C)CCC5(C)C)O4)c([2H])c1OC(F)(F)F. The zero-order valence-electron chi connectivity index (χ0n) is 49.0. The molecule has 312 valence electrons. The molecule has 0 fully saturated rings. The molecule has 0 atom stereocenters. The molecule has 2 aliphatic heterocycles. The van der Waals surface area contributed by atoms with Crippen molar-refractivity contribution in [3.8, 4) is 22.3 Å². The van der Waals surface area contributed by atoms with Gasteiger partial charge in [-0.25, -0.2) is 0 Å². The van der Waals surface area contributed by atoms with Crippen LogP contribution >= 0.6 is 22.7 Å². The lowest BCUT2D eigenvalue weighted by Gasteiger charge is -2.42. The Bertz CT molecular complexity index is 3810. The molecule has 4 heterocycles. The first kappa shape index (κ1) is 26.7. The molecule has 0 spiro atoms. The van der Waals surface area contributed by atoms with E-state index in [9.17, 15) is 26.9 Å². The maximum Gasteiger partial charge on any atom is 0.573 e. The summed E-state index contributed by atoms with van der Waals surface area (Å²) in [5.41, 5.74) is -2.80. The highest BCUT2D eigenvalue weighted by Crippen LogP contribution is 2.53. The molecule has 5 aromatic carbocycles. The Morgan fingerprint density at radius 3 is 1.82 bits per heavy atom. The third-order valence-electron chi connectivity index (χ3n) is 13.3. The number of thiophene rings is 2. The van der Waals surface area contributed by atoms with Gasteiger partial charge in [-0.2, -0.15) is 0 Å². The highest BCUT2D eigenvalue weighted by Gasteiger charge is 2.46. The predicted octanol–water partition coefficient (Wildman–Crippen LogP) is 13.6. The molecule has 2 aliphatic carbocycles. The van der Waals surface area contributed by atoms with E-state index in [1.165, 1.54) is 0 Å². The number of fused-ring (bicyclic) bond motifs is 11. The maximum absolute atomic E-state index is 14.4. The first-order valence-corrected chi connectivity index (χ1v) is 21.9. The minimum Gasteiger partial charge on any atom is -0.497 e. The van der Waals surface area contributed by atoms with Crippen LogP contribution in [0.15, 0.2) is 66.5 Å². The van der Waals surface area contributed by atoms with Crippen molar-refractivity contribution in [1.82, 2.24) is 0 Å². The van der Waals surface area contributed by atoms with Gasteiger partial charge >= 0.3 is 6.36 Å². The number of anilines is 3. The van der Waals surface area contributed by atoms with Crippen molar-refractivity contribution in [2.24, 2.45) is 0 Å². The number of benzene rings is 5. The van der Waals surface area contributed by atoms with E-state index in [1.807, 2.05) is 55.4 Å². The first-order valence-electron chi connectivity index (χ1n) is 27.3. The van der Waals surface area contributed by atoms with Gasteiger partial charge in [0.1, 0.15) is 17.2 Å². The summed E-state index contributed by atoms with van der Waals surface area (Å²) >= 11 is 2.00. The number of ether oxygens (including phenoxy) is 3. The Kier molecular flexibility index (Phi) is 5.48. The third kappa shape index (κ3) is 5.83. The van der Waals surface area contributed by atoms with E-state index < -0.39 is 118 Å². The van der Waals surface area contributed by atoms with Crippen LogP contribution in [0.3, 0.4) is 0 Å². The predicted molar refractivity (Wildman–Crippen MR) is 249 cm³/mol. The maximum atomic E-state index is 14.4. The van der Waals surface area contributed by atoms with Crippen molar-refractivity contribution in [3.63, 3.8) is 0 Å². The van der Waals surface area contributed by atoms with Crippen LogP contribution in [0.5, 0.6) is 22.3 Å². The van der Waals surface area contributed by atoms with Crippen LogP contribution in [0, 0.1) is 6.85 Å². The minimum absolute atomic E-state index is 0.0135. The van der Waals surface area contributed by atoms with Crippen LogP contribution in [0.2, 0.25) is 0 Å². The number of nitrogens with zero attached hydrogens (tertiary/aromatic N) is 1. The third-order valence-corrected chi connectivity index (χ3v) is 15.3. The summed E-state index contributed by atoms with van der Waals surface area (Å²) in [6.45, 7) is 11.2. The number of halogens is 3. The van der Waals surface area contributed by atoms with Crippen molar-refractivity contribution in [1.29, 1.82) is 0 Å². The van der Waals surface area contributed by atoms with Gasteiger partial charge in [0, 0.05) is 58.5 Å². The Balaban J connectivity index is 1.41. The standard InChI is InChI=1S/C51H49BF3NO3S2/c1-26-15-39-45-40(16-26)58-46-44(32-21-34-36(24-42(32)61-46)50(8,9)14-12-48(34,4)5)52(45)37-25-43-31(30-20-33-35(23-41(30)60-43)49(6,7)13-11-47(33,2)3)22-38(37)56(39)27-17-28(57-10)19-29(18-27)59-51(53,54)55/h15-25H,11-14H2,1-10H3/i1D3,15D,16D,17D,18D,19D,20D,21D,22D,23D,24D,25D. The second-order valence-electron chi connectivity index (χ2n) is 19.3. The molecular weight excluding hydrogens is 807 g/mol. The van der Waals surface area contributed by atoms with E-state index in [1.54, 1.807) is 0 Å². The van der Waals surface area contributed by atoms with Crippen LogP contribution in [-0.2, 0) is 21.7 Å². The van der Waals surface area contributed by atoms with Gasteiger partial charge in [-0.15, -0.1) is 24.5 Å². The van der Waals surface area contributed by atoms with Crippen LogP contribution in [-0.4, -0.2) is 20.2 Å². The highest BCUT2D eigenvalue weighted by atomic mass is 32.1. The lowest BCUT2D eigenvalue weighted by atomic mass is 9.34. The fourth-order valence-corrected chi connectivity index (χ4v) is 11.8. The van der Waals surface area contributed by atoms with Crippen molar-refractivity contribution >= 4 is 93.1 Å². The lowest BCUT2D eigenvalue weighted by molar-refractivity contribution is -0.274. The number of hydrogen-bond acceptors (Lipinski definition) is 6. The molecule has 0 bridgehead atoms. The summed E-state index contributed by atoms with van der Waals surface area (Å²) in [5, 5.41) is 0.355. The lowest BCUT2D eigenvalue weighted by Crippen LogP contribution is -2.59. The van der Waals surface area contributed by atoms with Gasteiger partial charge < -0.3 is 19.1 Å². The highest BCUT2D eigenvalue weighted by molar-refractivity contribution is 7.26. The van der Waals surface area contributed by atoms with Gasteiger partial charge in [0.2, 0.25) is 0 Å². The number of methoxy groups -OCH3 is 1. The molecule has 0 unspecified atom stereocenters. The largest absolute Gasteiger partial charge is 0.573 e. The monoisotopic (exact) mass is 869 g/mol. The summed E-state index contributed by atoms with van der Waals surface area (Å²) in [6, 6.07) is -5.66. The average molecular weight is 870 g/mol. The van der Waals surface area contributed by atoms with Crippen molar-refractivity contribution in [3.05, 3.63) is 94.3 Å². The Morgan fingerprint density at radius 2 is 1.21 bits per heavy atom. The number of hydrogen-bond donors (Lipinski definition) is 0. The molecule has 4 nitrogen and oxygen atoms in total. The van der Waals surface area contributed by atoms with Crippen molar-refractivity contribution < 1.29 is 46.6 Å². The van der Waals surface area contributed by atoms with E-state index in [0.717, 1.165) is 34.7 Å². The molecule has 4 aliphatic rings. The van der Waals surface area contributed by atoms with Gasteiger partial charge in [0.05, 0.1) is 27.9 Å². The molecule has 0 saturated carbocycles. The van der Waals surface area contributed by atoms with E-state index in [2.05, 4.69) is 4.74 Å². The summed E-state index contributed by atoms with van der Waals surface area (Å²) < 4.78 is 195. The van der Waals surface area contributed by atoms with Gasteiger partial charge in [-0.05, 0) is 152 Å². The topological polar surface area (TPSA) is 30.9 Å². The average Bonchev–Trinajstić information content (AvgIpc) is 3.97. The first-order chi connectivity index (χ1) is 34.5. The molecular formula is C51H49BF3NO3S2.